The number of benzene rings is 4. The number of hydrogen-bond acceptors (Lipinski definition) is 1. The molecular weight excluding hydrogens is 475 g/mol. The lowest BCUT2D eigenvalue weighted by Crippen LogP contribution is -2.41. The van der Waals surface area contributed by atoms with Crippen molar-refractivity contribution in [3.8, 4) is 0 Å². The van der Waals surface area contributed by atoms with Crippen molar-refractivity contribution >= 4 is 17.4 Å². The number of hydrogen-bond donors (Lipinski definition) is 0. The number of unbranched alkanes of at least 4 members (excludes halogenated alkanes) is 1. The van der Waals surface area contributed by atoms with E-state index in [1.54, 1.807) is 0 Å². The summed E-state index contributed by atoms with van der Waals surface area (Å²) in [6.07, 6.45) is 10.3. The molecule has 5 aromatic rings. The number of aromatic nitrogens is 2. The van der Waals surface area contributed by atoms with Gasteiger partial charge in [-0.15, -0.1) is 6.58 Å². The first-order valence-corrected chi connectivity index (χ1v) is 15.0. The third-order valence-corrected chi connectivity index (χ3v) is 9.72. The van der Waals surface area contributed by atoms with Gasteiger partial charge in [-0.3, -0.25) is 0 Å². The quantitative estimate of drug-likeness (QED) is 0.111. The van der Waals surface area contributed by atoms with Gasteiger partial charge in [0.15, 0.2) is 0 Å². The highest BCUT2D eigenvalue weighted by Crippen LogP contribution is 2.34. The van der Waals surface area contributed by atoms with E-state index in [4.69, 9.17) is 7.85 Å². The Labute approximate surface area is 231 Å². The van der Waals surface area contributed by atoms with E-state index in [0.717, 1.165) is 17.5 Å². The Morgan fingerprint density at radius 1 is 0.763 bits per heavy atom. The maximum atomic E-state index is 6.12. The average Bonchev–Trinajstić information content (AvgIpc) is 3.55. The minimum absolute atomic E-state index is 0.0163. The molecule has 0 bridgehead atoms. The fraction of sp³-hybridized carbons (Fsp3) is 0.147. The summed E-state index contributed by atoms with van der Waals surface area (Å²) in [5.41, 5.74) is 5.02. The molecule has 0 aliphatic rings. The Balaban J connectivity index is 0.000000204. The van der Waals surface area contributed by atoms with E-state index in [2.05, 4.69) is 107 Å². The van der Waals surface area contributed by atoms with E-state index in [9.17, 15) is 0 Å². The van der Waals surface area contributed by atoms with Crippen LogP contribution in [0.4, 0.5) is 0 Å². The van der Waals surface area contributed by atoms with E-state index in [1.165, 1.54) is 23.6 Å². The molecule has 0 amide bonds. The summed E-state index contributed by atoms with van der Waals surface area (Å²) >= 11 is 0. The van der Waals surface area contributed by atoms with Gasteiger partial charge < -0.3 is 4.57 Å². The topological polar surface area (TPSA) is 17.8 Å². The van der Waals surface area contributed by atoms with Gasteiger partial charge >= 0.3 is 0 Å². The molecule has 0 saturated carbocycles. The normalized spacial score (nSPS) is 11.3. The highest BCUT2D eigenvalue weighted by atomic mass is 28.2. The van der Waals surface area contributed by atoms with Crippen LogP contribution in [0.15, 0.2) is 153 Å². The molecule has 2 radical (unpaired) electrons. The second kappa shape index (κ2) is 14.2. The molecule has 188 valence electrons. The van der Waals surface area contributed by atoms with Gasteiger partial charge in [0.05, 0.1) is 28.9 Å². The number of nitrogens with zero attached hydrogens (tertiary/aromatic N) is 2. The first-order chi connectivity index (χ1) is 18.8. The number of imidazole rings is 1. The van der Waals surface area contributed by atoms with Crippen molar-refractivity contribution in [2.24, 2.45) is 0 Å². The van der Waals surface area contributed by atoms with Crippen LogP contribution in [0.2, 0.25) is 6.04 Å². The SMILES string of the molecule is C=CCCC[SiH2]C(c1ccccc1)(c1ccccc1)n1ccnc1.[B]C(c1ccccc1)c1ccccc1. The smallest absolute Gasteiger partial charge is 0.0953 e. The van der Waals surface area contributed by atoms with Gasteiger partial charge in [0.25, 0.3) is 0 Å². The fourth-order valence-corrected chi connectivity index (χ4v) is 7.52. The predicted molar refractivity (Wildman–Crippen MR) is 165 cm³/mol. The van der Waals surface area contributed by atoms with Crippen molar-refractivity contribution in [1.82, 2.24) is 9.55 Å². The largest absolute Gasteiger partial charge is 0.327 e. The maximum absolute atomic E-state index is 6.12. The number of rotatable bonds is 10. The third-order valence-electron chi connectivity index (χ3n) is 6.96. The van der Waals surface area contributed by atoms with Gasteiger partial charge in [-0.2, -0.15) is 0 Å². The molecule has 0 saturated heterocycles. The summed E-state index contributed by atoms with van der Waals surface area (Å²) in [5.74, 6) is -0.0163. The van der Waals surface area contributed by atoms with E-state index >= 15 is 0 Å². The van der Waals surface area contributed by atoms with Crippen LogP contribution >= 0.6 is 0 Å². The summed E-state index contributed by atoms with van der Waals surface area (Å²) in [4.78, 5) is 4.35. The fourth-order valence-electron chi connectivity index (χ4n) is 4.98. The van der Waals surface area contributed by atoms with Crippen molar-refractivity contribution < 1.29 is 0 Å². The molecule has 0 unspecified atom stereocenters. The summed E-state index contributed by atoms with van der Waals surface area (Å²) in [5, 5.41) is -0.0831. The van der Waals surface area contributed by atoms with Crippen LogP contribution in [0.1, 0.15) is 40.9 Å². The van der Waals surface area contributed by atoms with Gasteiger partial charge in [-0.1, -0.05) is 140 Å². The lowest BCUT2D eigenvalue weighted by molar-refractivity contribution is 0.589. The van der Waals surface area contributed by atoms with Crippen LogP contribution in [0, 0.1) is 0 Å². The zero-order valence-corrected chi connectivity index (χ0v) is 23.4. The first kappa shape index (κ1) is 27.2. The Morgan fingerprint density at radius 3 is 1.66 bits per heavy atom. The molecule has 0 aliphatic heterocycles. The van der Waals surface area contributed by atoms with E-state index in [-0.39, 0.29) is 11.0 Å². The first-order valence-electron chi connectivity index (χ1n) is 13.3. The molecule has 1 heterocycles. The maximum Gasteiger partial charge on any atom is 0.0953 e. The molecular formula is C34H35BN2Si. The Morgan fingerprint density at radius 2 is 1.24 bits per heavy atom. The molecule has 0 spiro atoms. The van der Waals surface area contributed by atoms with Gasteiger partial charge in [0.2, 0.25) is 0 Å². The minimum Gasteiger partial charge on any atom is -0.327 e. The second-order valence-electron chi connectivity index (χ2n) is 9.40. The lowest BCUT2D eigenvalue weighted by atomic mass is 9.76. The van der Waals surface area contributed by atoms with Gasteiger partial charge in [0.1, 0.15) is 0 Å². The standard InChI is InChI=1S/C21H24N2Si.C13H11B/c1-2-3-10-17-24-21(23-16-15-22-18-23,19-11-6-4-7-12-19)20-13-8-5-9-14-20;14-13(11-7-3-1-4-8-11)12-9-5-2-6-10-12/h2,4-9,11-16,18H,1,3,10,17,24H2;1-10,13H. The van der Waals surface area contributed by atoms with Gasteiger partial charge in [-0.25, -0.2) is 4.98 Å². The molecule has 38 heavy (non-hydrogen) atoms. The van der Waals surface area contributed by atoms with Crippen molar-refractivity contribution in [3.05, 3.63) is 175 Å². The molecule has 2 nitrogen and oxygen atoms in total. The summed E-state index contributed by atoms with van der Waals surface area (Å²) < 4.78 is 2.32. The zero-order chi connectivity index (χ0) is 26.5. The van der Waals surface area contributed by atoms with Crippen LogP contribution < -0.4 is 0 Å². The van der Waals surface area contributed by atoms with Crippen LogP contribution in [0.25, 0.3) is 0 Å². The molecule has 1 aromatic heterocycles. The minimum atomic E-state index is -0.492. The van der Waals surface area contributed by atoms with Crippen molar-refractivity contribution in [2.75, 3.05) is 0 Å². The third kappa shape index (κ3) is 6.70. The zero-order valence-electron chi connectivity index (χ0n) is 21.9. The van der Waals surface area contributed by atoms with Crippen LogP contribution in [-0.2, 0) is 5.16 Å². The molecule has 0 atom stereocenters. The Kier molecular flexibility index (Phi) is 10.1. The van der Waals surface area contributed by atoms with E-state index in [1.807, 2.05) is 55.0 Å². The van der Waals surface area contributed by atoms with Crippen molar-refractivity contribution in [3.63, 3.8) is 0 Å². The summed E-state index contributed by atoms with van der Waals surface area (Å²) in [6.45, 7) is 3.86. The summed E-state index contributed by atoms with van der Waals surface area (Å²) in [6, 6.07) is 43.3. The van der Waals surface area contributed by atoms with Gasteiger partial charge in [0, 0.05) is 12.4 Å². The van der Waals surface area contributed by atoms with Crippen LogP contribution in [0.5, 0.6) is 0 Å². The lowest BCUT2D eigenvalue weighted by Gasteiger charge is -2.37. The van der Waals surface area contributed by atoms with E-state index < -0.39 is 9.52 Å². The Hall–Kier alpha value is -3.89. The molecule has 4 aromatic carbocycles. The van der Waals surface area contributed by atoms with Crippen LogP contribution in [0.3, 0.4) is 0 Å². The van der Waals surface area contributed by atoms with Crippen molar-refractivity contribution in [2.45, 2.75) is 29.9 Å². The molecule has 0 N–H and O–H groups in total. The molecule has 5 rings (SSSR count). The van der Waals surface area contributed by atoms with Crippen LogP contribution in [-0.4, -0.2) is 26.9 Å². The molecule has 0 aliphatic carbocycles. The monoisotopic (exact) mass is 510 g/mol. The summed E-state index contributed by atoms with van der Waals surface area (Å²) in [7, 11) is 5.62. The predicted octanol–water partition coefficient (Wildman–Crippen LogP) is 7.13. The number of allylic oxidation sites excluding steroid dienone is 1. The van der Waals surface area contributed by atoms with Crippen molar-refractivity contribution in [1.29, 1.82) is 0 Å². The Bertz CT molecular complexity index is 1250. The van der Waals surface area contributed by atoms with E-state index in [0.29, 0.717) is 0 Å². The highest BCUT2D eigenvalue weighted by molar-refractivity contribution is 6.41. The van der Waals surface area contributed by atoms with Gasteiger partial charge in [-0.05, 0) is 34.5 Å². The molecule has 4 heteroatoms. The second-order valence-corrected chi connectivity index (χ2v) is 11.6. The average molecular weight is 511 g/mol. The molecule has 0 fully saturated rings. The highest BCUT2D eigenvalue weighted by Gasteiger charge is 2.35.